The van der Waals surface area contributed by atoms with Crippen LogP contribution in [0.4, 0.5) is 0 Å². The molecule has 0 radical (unpaired) electrons. The minimum absolute atomic E-state index is 0.400. The van der Waals surface area contributed by atoms with Crippen molar-refractivity contribution in [2.24, 2.45) is 5.92 Å². The summed E-state index contributed by atoms with van der Waals surface area (Å²) in [7, 11) is 2.00. The number of hydrogen-bond acceptors (Lipinski definition) is 3. The van der Waals surface area contributed by atoms with E-state index in [1.165, 1.54) is 19.3 Å². The molecule has 0 bridgehead atoms. The average Bonchev–Trinajstić information content (AvgIpc) is 2.65. The van der Waals surface area contributed by atoms with Gasteiger partial charge in [-0.05, 0) is 25.8 Å². The molecular weight excluding hydrogens is 188 g/mol. The maximum absolute atomic E-state index is 5.74. The molecule has 2 fully saturated rings. The zero-order valence-corrected chi connectivity index (χ0v) is 10.0. The van der Waals surface area contributed by atoms with Crippen LogP contribution in [-0.2, 0) is 4.74 Å². The first-order valence-corrected chi connectivity index (χ1v) is 6.31. The Bertz CT molecular complexity index is 196. The summed E-state index contributed by atoms with van der Waals surface area (Å²) >= 11 is 0. The van der Waals surface area contributed by atoms with Crippen LogP contribution < -0.4 is 5.32 Å². The van der Waals surface area contributed by atoms with Gasteiger partial charge < -0.3 is 10.1 Å². The molecule has 3 heteroatoms. The number of nitrogens with zero attached hydrogens (tertiary/aromatic N) is 1. The first-order valence-electron chi connectivity index (χ1n) is 6.31. The lowest BCUT2D eigenvalue weighted by molar-refractivity contribution is -0.0455. The third kappa shape index (κ3) is 2.71. The van der Waals surface area contributed by atoms with Gasteiger partial charge in [0.25, 0.3) is 0 Å². The van der Waals surface area contributed by atoms with E-state index in [9.17, 15) is 0 Å². The fraction of sp³-hybridized carbons (Fsp3) is 1.00. The van der Waals surface area contributed by atoms with E-state index in [1.807, 2.05) is 7.05 Å². The molecular formula is C12H24N2O. The van der Waals surface area contributed by atoms with Crippen molar-refractivity contribution >= 4 is 0 Å². The number of ether oxygens (including phenoxy) is 1. The lowest BCUT2D eigenvalue weighted by Crippen LogP contribution is -2.50. The van der Waals surface area contributed by atoms with Crippen molar-refractivity contribution < 1.29 is 4.74 Å². The second-order valence-electron chi connectivity index (χ2n) is 5.02. The van der Waals surface area contributed by atoms with Crippen molar-refractivity contribution in [2.75, 3.05) is 33.3 Å². The molecule has 1 heterocycles. The van der Waals surface area contributed by atoms with Crippen LogP contribution in [0, 0.1) is 5.92 Å². The van der Waals surface area contributed by atoms with E-state index in [2.05, 4.69) is 17.1 Å². The van der Waals surface area contributed by atoms with E-state index in [0.717, 1.165) is 38.2 Å². The van der Waals surface area contributed by atoms with Crippen molar-refractivity contribution in [1.82, 2.24) is 10.2 Å². The molecule has 1 aliphatic carbocycles. The molecule has 0 amide bonds. The lowest BCUT2D eigenvalue weighted by Gasteiger charge is -2.38. The molecule has 1 saturated carbocycles. The SMILES string of the molecule is CNCC1CN(C2CCCC2C)CCO1. The summed E-state index contributed by atoms with van der Waals surface area (Å²) in [6.45, 7) is 6.55. The number of hydrogen-bond donors (Lipinski definition) is 1. The normalized spacial score (nSPS) is 38.4. The highest BCUT2D eigenvalue weighted by Gasteiger charge is 2.32. The predicted molar refractivity (Wildman–Crippen MR) is 62.0 cm³/mol. The zero-order chi connectivity index (χ0) is 10.7. The van der Waals surface area contributed by atoms with Gasteiger partial charge in [-0.1, -0.05) is 13.3 Å². The van der Waals surface area contributed by atoms with Crippen LogP contribution in [0.25, 0.3) is 0 Å². The highest BCUT2D eigenvalue weighted by atomic mass is 16.5. The van der Waals surface area contributed by atoms with Gasteiger partial charge in [0.2, 0.25) is 0 Å². The Balaban J connectivity index is 1.86. The van der Waals surface area contributed by atoms with Crippen LogP contribution in [-0.4, -0.2) is 50.3 Å². The largest absolute Gasteiger partial charge is 0.374 e. The van der Waals surface area contributed by atoms with Gasteiger partial charge in [-0.25, -0.2) is 0 Å². The van der Waals surface area contributed by atoms with E-state index in [1.54, 1.807) is 0 Å². The number of morpholine rings is 1. The van der Waals surface area contributed by atoms with Crippen molar-refractivity contribution in [2.45, 2.75) is 38.3 Å². The van der Waals surface area contributed by atoms with Crippen LogP contribution in [0.3, 0.4) is 0 Å². The van der Waals surface area contributed by atoms with E-state index in [0.29, 0.717) is 6.10 Å². The predicted octanol–water partition coefficient (Wildman–Crippen LogP) is 1.10. The number of nitrogens with one attached hydrogen (secondary N) is 1. The van der Waals surface area contributed by atoms with Gasteiger partial charge in [-0.15, -0.1) is 0 Å². The summed E-state index contributed by atoms with van der Waals surface area (Å²) in [4.78, 5) is 2.66. The van der Waals surface area contributed by atoms with Gasteiger partial charge in [0.15, 0.2) is 0 Å². The second kappa shape index (κ2) is 5.28. The highest BCUT2D eigenvalue weighted by Crippen LogP contribution is 2.30. The Morgan fingerprint density at radius 2 is 2.27 bits per heavy atom. The van der Waals surface area contributed by atoms with Crippen molar-refractivity contribution in [3.8, 4) is 0 Å². The van der Waals surface area contributed by atoms with Gasteiger partial charge in [0, 0.05) is 25.7 Å². The lowest BCUT2D eigenvalue weighted by atomic mass is 10.0. The maximum Gasteiger partial charge on any atom is 0.0826 e. The summed E-state index contributed by atoms with van der Waals surface area (Å²) in [6.07, 6.45) is 4.63. The molecule has 0 aromatic rings. The van der Waals surface area contributed by atoms with Crippen molar-refractivity contribution in [3.63, 3.8) is 0 Å². The van der Waals surface area contributed by atoms with Crippen LogP contribution in [0.15, 0.2) is 0 Å². The van der Waals surface area contributed by atoms with Crippen molar-refractivity contribution in [3.05, 3.63) is 0 Å². The van der Waals surface area contributed by atoms with Gasteiger partial charge in [-0.2, -0.15) is 0 Å². The Morgan fingerprint density at radius 3 is 2.93 bits per heavy atom. The molecule has 3 nitrogen and oxygen atoms in total. The first kappa shape index (κ1) is 11.4. The molecule has 15 heavy (non-hydrogen) atoms. The third-order valence-electron chi connectivity index (χ3n) is 3.89. The Hall–Kier alpha value is -0.120. The molecule has 1 saturated heterocycles. The molecule has 0 spiro atoms. The number of likely N-dealkylation sites (N-methyl/N-ethyl adjacent to an activating group) is 1. The molecule has 0 aromatic carbocycles. The quantitative estimate of drug-likeness (QED) is 0.758. The number of rotatable bonds is 3. The van der Waals surface area contributed by atoms with E-state index in [-0.39, 0.29) is 0 Å². The van der Waals surface area contributed by atoms with Gasteiger partial charge in [0.1, 0.15) is 0 Å². The fourth-order valence-corrected chi connectivity index (χ4v) is 3.06. The monoisotopic (exact) mass is 212 g/mol. The molecule has 88 valence electrons. The van der Waals surface area contributed by atoms with E-state index >= 15 is 0 Å². The zero-order valence-electron chi connectivity index (χ0n) is 10.0. The Labute approximate surface area is 93.2 Å². The fourth-order valence-electron chi connectivity index (χ4n) is 3.06. The van der Waals surface area contributed by atoms with Crippen molar-refractivity contribution in [1.29, 1.82) is 0 Å². The molecule has 1 N–H and O–H groups in total. The summed E-state index contributed by atoms with van der Waals surface area (Å²) in [5, 5.41) is 3.21. The van der Waals surface area contributed by atoms with E-state index < -0.39 is 0 Å². The van der Waals surface area contributed by atoms with Gasteiger partial charge in [-0.3, -0.25) is 4.90 Å². The average molecular weight is 212 g/mol. The molecule has 2 aliphatic rings. The summed E-state index contributed by atoms with van der Waals surface area (Å²) in [5.41, 5.74) is 0. The molecule has 2 rings (SSSR count). The topological polar surface area (TPSA) is 24.5 Å². The van der Waals surface area contributed by atoms with Crippen LogP contribution in [0.1, 0.15) is 26.2 Å². The van der Waals surface area contributed by atoms with Crippen LogP contribution >= 0.6 is 0 Å². The minimum atomic E-state index is 0.400. The highest BCUT2D eigenvalue weighted by molar-refractivity contribution is 4.86. The van der Waals surface area contributed by atoms with E-state index in [4.69, 9.17) is 4.74 Å². The molecule has 3 unspecified atom stereocenters. The smallest absolute Gasteiger partial charge is 0.0826 e. The molecule has 1 aliphatic heterocycles. The van der Waals surface area contributed by atoms with Crippen LogP contribution in [0.2, 0.25) is 0 Å². The standard InChI is InChI=1S/C12H24N2O/c1-10-4-3-5-12(10)14-6-7-15-11(9-14)8-13-2/h10-13H,3-9H2,1-2H3. The Morgan fingerprint density at radius 1 is 1.40 bits per heavy atom. The van der Waals surface area contributed by atoms with Gasteiger partial charge in [0.05, 0.1) is 12.7 Å². The first-order chi connectivity index (χ1) is 7.31. The summed E-state index contributed by atoms with van der Waals surface area (Å²) in [6, 6.07) is 0.827. The van der Waals surface area contributed by atoms with Crippen LogP contribution in [0.5, 0.6) is 0 Å². The second-order valence-corrected chi connectivity index (χ2v) is 5.02. The molecule has 0 aromatic heterocycles. The molecule has 3 atom stereocenters. The summed E-state index contributed by atoms with van der Waals surface area (Å²) in [5.74, 6) is 0.887. The Kier molecular flexibility index (Phi) is 4.00. The van der Waals surface area contributed by atoms with Gasteiger partial charge >= 0.3 is 0 Å². The maximum atomic E-state index is 5.74. The summed E-state index contributed by atoms with van der Waals surface area (Å²) < 4.78 is 5.74. The third-order valence-corrected chi connectivity index (χ3v) is 3.89. The minimum Gasteiger partial charge on any atom is -0.374 e.